The number of aryl methyl sites for hydroxylation is 4. The van der Waals surface area contributed by atoms with Crippen molar-refractivity contribution in [2.45, 2.75) is 38.5 Å². The molecule has 0 heterocycles. The Kier molecular flexibility index (Phi) is 8.48. The second-order valence-electron chi connectivity index (χ2n) is 9.22. The van der Waals surface area contributed by atoms with Crippen LogP contribution in [0.2, 0.25) is 0 Å². The lowest BCUT2D eigenvalue weighted by Crippen LogP contribution is -1.96. The largest absolute Gasteiger partial charge is 0.508 e. The molecule has 0 atom stereocenters. The number of methoxy groups -OCH3 is 1. The molecule has 0 amide bonds. The topological polar surface area (TPSA) is 120 Å². The third-order valence-corrected chi connectivity index (χ3v) is 6.43. The molecular formula is C31H32O7. The monoisotopic (exact) mass is 516 g/mol. The number of hydrogen-bond acceptors (Lipinski definition) is 7. The van der Waals surface area contributed by atoms with Crippen molar-refractivity contribution in [3.8, 4) is 46.0 Å². The molecule has 0 aromatic heterocycles. The molecule has 7 nitrogen and oxygen atoms in total. The number of rotatable bonds is 11. The Balaban J connectivity index is 1.37. The van der Waals surface area contributed by atoms with Crippen LogP contribution in [0.1, 0.15) is 35.1 Å². The van der Waals surface area contributed by atoms with Gasteiger partial charge in [-0.3, -0.25) is 0 Å². The van der Waals surface area contributed by atoms with E-state index in [2.05, 4.69) is 0 Å². The molecule has 0 unspecified atom stereocenters. The molecule has 0 fully saturated rings. The second-order valence-corrected chi connectivity index (χ2v) is 9.22. The first kappa shape index (κ1) is 26.5. The van der Waals surface area contributed by atoms with Crippen molar-refractivity contribution in [3.63, 3.8) is 0 Å². The van der Waals surface area contributed by atoms with Crippen LogP contribution in [0.25, 0.3) is 0 Å². The molecule has 4 rings (SSSR count). The van der Waals surface area contributed by atoms with Crippen molar-refractivity contribution < 1.29 is 35.0 Å². The van der Waals surface area contributed by atoms with E-state index >= 15 is 0 Å². The maximum Gasteiger partial charge on any atom is 0.169 e. The summed E-state index contributed by atoms with van der Waals surface area (Å²) in [6, 6.07) is 20.1. The van der Waals surface area contributed by atoms with Gasteiger partial charge >= 0.3 is 0 Å². The fourth-order valence-electron chi connectivity index (χ4n) is 4.36. The van der Waals surface area contributed by atoms with Gasteiger partial charge in [0.1, 0.15) is 23.0 Å². The van der Waals surface area contributed by atoms with Crippen LogP contribution in [-0.2, 0) is 25.7 Å². The number of ether oxygens (including phenoxy) is 2. The number of hydrogen-bond donors (Lipinski definition) is 5. The fourth-order valence-corrected chi connectivity index (χ4v) is 4.36. The van der Waals surface area contributed by atoms with Gasteiger partial charge in [0, 0.05) is 12.1 Å². The highest BCUT2D eigenvalue weighted by atomic mass is 16.5. The zero-order chi connectivity index (χ0) is 27.1. The maximum atomic E-state index is 10.4. The summed E-state index contributed by atoms with van der Waals surface area (Å²) < 4.78 is 11.6. The summed E-state index contributed by atoms with van der Waals surface area (Å²) >= 11 is 0. The number of phenols is 5. The maximum absolute atomic E-state index is 10.4. The lowest BCUT2D eigenvalue weighted by Gasteiger charge is -2.14. The molecule has 4 aromatic rings. The van der Waals surface area contributed by atoms with Crippen molar-refractivity contribution in [1.29, 1.82) is 0 Å². The van der Waals surface area contributed by atoms with Gasteiger partial charge in [0.15, 0.2) is 23.0 Å². The van der Waals surface area contributed by atoms with E-state index in [0.717, 1.165) is 41.5 Å². The standard InChI is InChI=1S/C31H32O7/c1-37-31-17-21(5-3-7-23-11-13-25(33)19-28(23)36)9-15-29(31)38-30-16-20(8-14-26(30)34)4-2-6-22-10-12-24(32)18-27(22)35/h8-19,32-36H,2-7H2,1H3. The average molecular weight is 517 g/mol. The summed E-state index contributed by atoms with van der Waals surface area (Å²) in [5.74, 6) is 1.60. The third-order valence-electron chi connectivity index (χ3n) is 6.43. The minimum Gasteiger partial charge on any atom is -0.508 e. The van der Waals surface area contributed by atoms with Crippen molar-refractivity contribution in [1.82, 2.24) is 0 Å². The molecule has 0 saturated carbocycles. The summed E-state index contributed by atoms with van der Waals surface area (Å²) in [5.41, 5.74) is 3.57. The molecule has 0 saturated heterocycles. The lowest BCUT2D eigenvalue weighted by atomic mass is 10.0. The van der Waals surface area contributed by atoms with Crippen molar-refractivity contribution in [2.75, 3.05) is 7.11 Å². The van der Waals surface area contributed by atoms with Crippen LogP contribution < -0.4 is 9.47 Å². The molecule has 4 aromatic carbocycles. The fraction of sp³-hybridized carbons (Fsp3) is 0.226. The Labute approximate surface area is 221 Å². The van der Waals surface area contributed by atoms with E-state index in [-0.39, 0.29) is 28.7 Å². The minimum atomic E-state index is 0.0183. The van der Waals surface area contributed by atoms with Crippen LogP contribution in [0.15, 0.2) is 72.8 Å². The molecule has 5 N–H and O–H groups in total. The quantitative estimate of drug-likeness (QED) is 0.157. The molecule has 198 valence electrons. The van der Waals surface area contributed by atoms with E-state index < -0.39 is 0 Å². The molecule has 0 aliphatic rings. The summed E-state index contributed by atoms with van der Waals surface area (Å²) in [6.45, 7) is 0. The molecule has 38 heavy (non-hydrogen) atoms. The number of aromatic hydroxyl groups is 5. The van der Waals surface area contributed by atoms with Crippen LogP contribution in [0.4, 0.5) is 0 Å². The van der Waals surface area contributed by atoms with Crippen LogP contribution in [0.5, 0.6) is 46.0 Å². The van der Waals surface area contributed by atoms with E-state index in [1.165, 1.54) is 12.1 Å². The van der Waals surface area contributed by atoms with Gasteiger partial charge in [-0.1, -0.05) is 24.3 Å². The summed E-state index contributed by atoms with van der Waals surface area (Å²) in [7, 11) is 1.56. The van der Waals surface area contributed by atoms with E-state index in [9.17, 15) is 25.5 Å². The molecule has 0 spiro atoms. The predicted molar refractivity (Wildman–Crippen MR) is 145 cm³/mol. The van der Waals surface area contributed by atoms with Gasteiger partial charge in [-0.05, 0) is 97.2 Å². The van der Waals surface area contributed by atoms with Gasteiger partial charge < -0.3 is 35.0 Å². The van der Waals surface area contributed by atoms with E-state index in [1.54, 1.807) is 43.5 Å². The zero-order valence-corrected chi connectivity index (χ0v) is 21.2. The first-order chi connectivity index (χ1) is 18.3. The number of phenolic OH excluding ortho intramolecular Hbond substituents is 5. The highest BCUT2D eigenvalue weighted by Crippen LogP contribution is 2.37. The van der Waals surface area contributed by atoms with Crippen LogP contribution in [0, 0.1) is 0 Å². The van der Waals surface area contributed by atoms with Crippen LogP contribution in [-0.4, -0.2) is 32.6 Å². The highest BCUT2D eigenvalue weighted by Gasteiger charge is 2.12. The normalized spacial score (nSPS) is 10.9. The summed E-state index contributed by atoms with van der Waals surface area (Å²) in [6.07, 6.45) is 4.34. The predicted octanol–water partition coefficient (Wildman–Crippen LogP) is 6.37. The van der Waals surface area contributed by atoms with Crippen molar-refractivity contribution >= 4 is 0 Å². The third kappa shape index (κ3) is 6.82. The summed E-state index contributed by atoms with van der Waals surface area (Å²) in [4.78, 5) is 0. The molecule has 0 bridgehead atoms. The first-order valence-electron chi connectivity index (χ1n) is 12.5. The molecule has 0 aliphatic heterocycles. The van der Waals surface area contributed by atoms with Crippen molar-refractivity contribution in [3.05, 3.63) is 95.1 Å². The van der Waals surface area contributed by atoms with Crippen LogP contribution >= 0.6 is 0 Å². The average Bonchev–Trinajstić information content (AvgIpc) is 2.89. The minimum absolute atomic E-state index is 0.0183. The van der Waals surface area contributed by atoms with Gasteiger partial charge in [0.05, 0.1) is 7.11 Å². The SMILES string of the molecule is COc1cc(CCCc2ccc(O)cc2O)ccc1Oc1cc(CCCc2ccc(O)cc2O)ccc1O. The smallest absolute Gasteiger partial charge is 0.169 e. The van der Waals surface area contributed by atoms with Gasteiger partial charge in [0.2, 0.25) is 0 Å². The second kappa shape index (κ2) is 12.1. The highest BCUT2D eigenvalue weighted by molar-refractivity contribution is 5.50. The molecule has 7 heteroatoms. The Bertz CT molecular complexity index is 1400. The molecular weight excluding hydrogens is 484 g/mol. The summed E-state index contributed by atoms with van der Waals surface area (Å²) in [5, 5.41) is 49.2. The van der Waals surface area contributed by atoms with E-state index in [4.69, 9.17) is 9.47 Å². The molecule has 0 aliphatic carbocycles. The van der Waals surface area contributed by atoms with Gasteiger partial charge in [-0.15, -0.1) is 0 Å². The van der Waals surface area contributed by atoms with Crippen LogP contribution in [0.3, 0.4) is 0 Å². The Morgan fingerprint density at radius 2 is 1.03 bits per heavy atom. The Morgan fingerprint density at radius 1 is 0.500 bits per heavy atom. The molecule has 0 radical (unpaired) electrons. The Morgan fingerprint density at radius 3 is 1.55 bits per heavy atom. The van der Waals surface area contributed by atoms with E-state index in [0.29, 0.717) is 36.5 Å². The Hall–Kier alpha value is -4.52. The van der Waals surface area contributed by atoms with Gasteiger partial charge in [-0.2, -0.15) is 0 Å². The van der Waals surface area contributed by atoms with Gasteiger partial charge in [-0.25, -0.2) is 0 Å². The lowest BCUT2D eigenvalue weighted by molar-refractivity contribution is 0.366. The van der Waals surface area contributed by atoms with Crippen molar-refractivity contribution in [2.24, 2.45) is 0 Å². The first-order valence-corrected chi connectivity index (χ1v) is 12.5. The van der Waals surface area contributed by atoms with Gasteiger partial charge in [0.25, 0.3) is 0 Å². The van der Waals surface area contributed by atoms with E-state index in [1.807, 2.05) is 24.3 Å². The number of benzene rings is 4. The zero-order valence-electron chi connectivity index (χ0n) is 21.2.